The van der Waals surface area contributed by atoms with E-state index in [1.165, 1.54) is 10.4 Å². The van der Waals surface area contributed by atoms with E-state index in [9.17, 15) is 18.0 Å². The summed E-state index contributed by atoms with van der Waals surface area (Å²) < 4.78 is 30.3. The lowest BCUT2D eigenvalue weighted by molar-refractivity contribution is 0.0474. The second-order valence-corrected chi connectivity index (χ2v) is 8.18. The fraction of sp³-hybridized carbons (Fsp3) is 0.263. The van der Waals surface area contributed by atoms with E-state index in [0.29, 0.717) is 23.2 Å². The van der Waals surface area contributed by atoms with Crippen LogP contribution in [0.15, 0.2) is 48.5 Å². The number of rotatable bonds is 5. The van der Waals surface area contributed by atoms with Gasteiger partial charge in [0.05, 0.1) is 17.5 Å². The number of esters is 1. The molecule has 0 N–H and O–H groups in total. The number of ketones is 1. The summed E-state index contributed by atoms with van der Waals surface area (Å²) >= 11 is 0. The molecule has 0 saturated heterocycles. The van der Waals surface area contributed by atoms with Gasteiger partial charge in [0.1, 0.15) is 0 Å². The van der Waals surface area contributed by atoms with Crippen LogP contribution in [-0.4, -0.2) is 39.1 Å². The highest BCUT2D eigenvalue weighted by Gasteiger charge is 2.32. The normalized spacial score (nSPS) is 16.2. The zero-order chi connectivity index (χ0) is 18.9. The van der Waals surface area contributed by atoms with Crippen LogP contribution >= 0.6 is 0 Å². The van der Waals surface area contributed by atoms with Gasteiger partial charge in [0.25, 0.3) is 0 Å². The van der Waals surface area contributed by atoms with Crippen LogP contribution in [0.2, 0.25) is 0 Å². The van der Waals surface area contributed by atoms with Gasteiger partial charge in [-0.2, -0.15) is 0 Å². The second kappa shape index (κ2) is 6.92. The number of sulfonamides is 1. The van der Waals surface area contributed by atoms with Gasteiger partial charge in [-0.3, -0.25) is 9.10 Å². The highest BCUT2D eigenvalue weighted by atomic mass is 32.2. The Balaban J connectivity index is 1.72. The highest BCUT2D eigenvalue weighted by molar-refractivity contribution is 7.92. The molecule has 0 unspecified atom stereocenters. The van der Waals surface area contributed by atoms with Crippen LogP contribution in [0.1, 0.15) is 33.2 Å². The monoisotopic (exact) mass is 373 g/mol. The van der Waals surface area contributed by atoms with E-state index in [1.54, 1.807) is 42.5 Å². The minimum atomic E-state index is -3.38. The lowest BCUT2D eigenvalue weighted by Gasteiger charge is -2.21. The maximum absolute atomic E-state index is 12.2. The summed E-state index contributed by atoms with van der Waals surface area (Å²) in [5.41, 5.74) is 2.13. The second-order valence-electron chi connectivity index (χ2n) is 6.32. The summed E-state index contributed by atoms with van der Waals surface area (Å²) in [5, 5.41) is 0. The molecule has 2 aromatic carbocycles. The lowest BCUT2D eigenvalue weighted by Crippen LogP contribution is -2.34. The number of carbonyl (C=O) groups is 2. The molecule has 0 fully saturated rings. The van der Waals surface area contributed by atoms with Crippen LogP contribution < -0.4 is 4.31 Å². The summed E-state index contributed by atoms with van der Waals surface area (Å²) in [6, 6.07) is 13.2. The number of hydrogen-bond donors (Lipinski definition) is 0. The standard InChI is InChI=1S/C19H19NO5S/c1-13-10-16-11-15(8-9-17(16)20(13)26(2,23)24)19(22)25-12-18(21)14-6-4-3-5-7-14/h3-9,11,13H,10,12H2,1-2H3/t13-/m1/s1. The molecule has 0 saturated carbocycles. The Morgan fingerprint density at radius 1 is 1.12 bits per heavy atom. The quantitative estimate of drug-likeness (QED) is 0.594. The molecule has 1 atom stereocenters. The summed E-state index contributed by atoms with van der Waals surface area (Å²) in [4.78, 5) is 24.2. The topological polar surface area (TPSA) is 80.8 Å². The SMILES string of the molecule is C[C@@H]1Cc2cc(C(=O)OCC(=O)c3ccccc3)ccc2N1S(C)(=O)=O. The van der Waals surface area contributed by atoms with Gasteiger partial charge in [-0.15, -0.1) is 0 Å². The van der Waals surface area contributed by atoms with Gasteiger partial charge in [0.2, 0.25) is 10.0 Å². The number of carbonyl (C=O) groups excluding carboxylic acids is 2. The maximum Gasteiger partial charge on any atom is 0.338 e. The molecule has 0 radical (unpaired) electrons. The Bertz CT molecular complexity index is 953. The molecule has 3 rings (SSSR count). The molecule has 136 valence electrons. The van der Waals surface area contributed by atoms with E-state index < -0.39 is 16.0 Å². The Morgan fingerprint density at radius 3 is 2.46 bits per heavy atom. The number of benzene rings is 2. The van der Waals surface area contributed by atoms with Gasteiger partial charge in [0, 0.05) is 11.6 Å². The van der Waals surface area contributed by atoms with Gasteiger partial charge in [-0.1, -0.05) is 30.3 Å². The van der Waals surface area contributed by atoms with Crippen molar-refractivity contribution >= 4 is 27.5 Å². The first-order valence-electron chi connectivity index (χ1n) is 8.15. The fourth-order valence-corrected chi connectivity index (χ4v) is 4.42. The largest absolute Gasteiger partial charge is 0.454 e. The Labute approximate surface area is 152 Å². The van der Waals surface area contributed by atoms with Gasteiger partial charge in [-0.05, 0) is 37.1 Å². The zero-order valence-electron chi connectivity index (χ0n) is 14.5. The summed E-state index contributed by atoms with van der Waals surface area (Å²) in [6.07, 6.45) is 1.68. The minimum Gasteiger partial charge on any atom is -0.454 e. The minimum absolute atomic E-state index is 0.203. The molecule has 0 bridgehead atoms. The smallest absolute Gasteiger partial charge is 0.338 e. The number of fused-ring (bicyclic) bond motifs is 1. The third-order valence-corrected chi connectivity index (χ3v) is 5.53. The predicted molar refractivity (Wildman–Crippen MR) is 98.0 cm³/mol. The first-order chi connectivity index (χ1) is 12.3. The van der Waals surface area contributed by atoms with Crippen LogP contribution in [0, 0.1) is 0 Å². The third kappa shape index (κ3) is 3.62. The van der Waals surface area contributed by atoms with Gasteiger partial charge >= 0.3 is 5.97 Å². The van der Waals surface area contributed by atoms with Gasteiger partial charge < -0.3 is 4.74 Å². The van der Waals surface area contributed by atoms with Crippen LogP contribution in [0.3, 0.4) is 0 Å². The molecule has 0 spiro atoms. The van der Waals surface area contributed by atoms with E-state index in [-0.39, 0.29) is 18.4 Å². The van der Waals surface area contributed by atoms with E-state index in [2.05, 4.69) is 0 Å². The van der Waals surface area contributed by atoms with Crippen molar-refractivity contribution in [3.8, 4) is 0 Å². The van der Waals surface area contributed by atoms with Gasteiger partial charge in [-0.25, -0.2) is 13.2 Å². The molecular formula is C19H19NO5S. The Hall–Kier alpha value is -2.67. The average Bonchev–Trinajstić information content (AvgIpc) is 2.95. The van der Waals surface area contributed by atoms with Crippen LogP contribution in [-0.2, 0) is 21.2 Å². The highest BCUT2D eigenvalue weighted by Crippen LogP contribution is 2.34. The first kappa shape index (κ1) is 18.1. The van der Waals surface area contributed by atoms with E-state index in [0.717, 1.165) is 11.8 Å². The summed E-state index contributed by atoms with van der Waals surface area (Å²) in [6.45, 7) is 1.48. The average molecular weight is 373 g/mol. The molecule has 1 aliphatic rings. The molecule has 1 aliphatic heterocycles. The van der Waals surface area contributed by atoms with Gasteiger partial charge in [0.15, 0.2) is 12.4 Å². The Kier molecular flexibility index (Phi) is 4.82. The van der Waals surface area contributed by atoms with Crippen LogP contribution in [0.4, 0.5) is 5.69 Å². The lowest BCUT2D eigenvalue weighted by atomic mass is 10.1. The van der Waals surface area contributed by atoms with Crippen molar-refractivity contribution in [2.75, 3.05) is 17.2 Å². The van der Waals surface area contributed by atoms with E-state index in [1.807, 2.05) is 6.92 Å². The molecular weight excluding hydrogens is 354 g/mol. The van der Waals surface area contributed by atoms with Crippen molar-refractivity contribution in [3.05, 3.63) is 65.2 Å². The molecule has 0 amide bonds. The molecule has 0 aromatic heterocycles. The van der Waals surface area contributed by atoms with Crippen molar-refractivity contribution in [2.24, 2.45) is 0 Å². The fourth-order valence-electron chi connectivity index (χ4n) is 3.16. The molecule has 2 aromatic rings. The number of nitrogens with zero attached hydrogens (tertiary/aromatic N) is 1. The van der Waals surface area contributed by atoms with Crippen molar-refractivity contribution in [1.29, 1.82) is 0 Å². The van der Waals surface area contributed by atoms with Crippen LogP contribution in [0.5, 0.6) is 0 Å². The first-order valence-corrected chi connectivity index (χ1v) is 10.00. The molecule has 26 heavy (non-hydrogen) atoms. The molecule has 7 heteroatoms. The van der Waals surface area contributed by atoms with Crippen molar-refractivity contribution in [2.45, 2.75) is 19.4 Å². The molecule has 6 nitrogen and oxygen atoms in total. The van der Waals surface area contributed by atoms with Crippen LogP contribution in [0.25, 0.3) is 0 Å². The van der Waals surface area contributed by atoms with E-state index in [4.69, 9.17) is 4.74 Å². The summed E-state index contributed by atoms with van der Waals surface area (Å²) in [7, 11) is -3.38. The number of Topliss-reactive ketones (excluding diaryl/α,β-unsaturated/α-hetero) is 1. The third-order valence-electron chi connectivity index (χ3n) is 4.26. The van der Waals surface area contributed by atoms with Crippen molar-refractivity contribution in [3.63, 3.8) is 0 Å². The maximum atomic E-state index is 12.2. The van der Waals surface area contributed by atoms with E-state index >= 15 is 0 Å². The number of hydrogen-bond acceptors (Lipinski definition) is 5. The zero-order valence-corrected chi connectivity index (χ0v) is 15.3. The predicted octanol–water partition coefficient (Wildman–Crippen LogP) is 2.44. The molecule has 1 heterocycles. The summed E-state index contributed by atoms with van der Waals surface area (Å²) in [5.74, 6) is -0.889. The molecule has 0 aliphatic carbocycles. The van der Waals surface area contributed by atoms with Crippen molar-refractivity contribution < 1.29 is 22.7 Å². The number of anilines is 1. The Morgan fingerprint density at radius 2 is 1.81 bits per heavy atom. The van der Waals surface area contributed by atoms with Crippen molar-refractivity contribution in [1.82, 2.24) is 0 Å². The number of ether oxygens (including phenoxy) is 1.